The SMILES string of the molecule is CCOC(=O)CC[C@H](NC(=O)[C@H](CSC(c1ccccc1)(c1ccccc1)c1ccccc1)NC(c1ccccc1)(c1ccccc1)c1ccccc1)C(=O)OCC. The summed E-state index contributed by atoms with van der Waals surface area (Å²) in [5.41, 5.74) is 4.92. The van der Waals surface area contributed by atoms with Crippen LogP contribution in [0.25, 0.3) is 0 Å². The predicted octanol–water partition coefficient (Wildman–Crippen LogP) is 9.05. The lowest BCUT2D eigenvalue weighted by Gasteiger charge is -2.41. The van der Waals surface area contributed by atoms with E-state index in [0.29, 0.717) is 0 Å². The smallest absolute Gasteiger partial charge is 0.328 e. The molecule has 0 heterocycles. The highest BCUT2D eigenvalue weighted by molar-refractivity contribution is 8.00. The van der Waals surface area contributed by atoms with E-state index in [2.05, 4.69) is 83.4 Å². The minimum absolute atomic E-state index is 0.0203. The van der Waals surface area contributed by atoms with Crippen molar-refractivity contribution in [1.82, 2.24) is 10.6 Å². The summed E-state index contributed by atoms with van der Waals surface area (Å²) in [5, 5.41) is 6.96. The van der Waals surface area contributed by atoms with Crippen LogP contribution in [-0.4, -0.2) is 48.9 Å². The van der Waals surface area contributed by atoms with E-state index in [9.17, 15) is 9.59 Å². The van der Waals surface area contributed by atoms with Crippen molar-refractivity contribution >= 4 is 29.6 Å². The number of benzene rings is 6. The summed E-state index contributed by atoms with van der Waals surface area (Å²) in [4.78, 5) is 41.2. The Bertz CT molecular complexity index is 1980. The molecule has 0 fully saturated rings. The van der Waals surface area contributed by atoms with Gasteiger partial charge in [0, 0.05) is 12.2 Å². The average molecular weight is 791 g/mol. The molecule has 0 unspecified atom stereocenters. The molecule has 0 aliphatic carbocycles. The summed E-state index contributed by atoms with van der Waals surface area (Å²) in [6.45, 7) is 3.78. The van der Waals surface area contributed by atoms with Crippen molar-refractivity contribution in [3.05, 3.63) is 215 Å². The van der Waals surface area contributed by atoms with E-state index in [1.165, 1.54) is 0 Å². The normalized spacial score (nSPS) is 12.5. The molecular weight excluding hydrogens is 741 g/mol. The standard InChI is InChI=1S/C50H50N2O5S/c1-3-56-46(53)36-35-44(48(55)57-4-2)51-47(54)45(52-49(38-23-11-5-12-24-38,39-25-13-6-14-26-39)40-27-15-7-16-28-40)37-58-50(41-29-17-8-18-30-41,42-31-19-9-20-32-42)43-33-21-10-22-34-43/h5-34,44-45,52H,3-4,35-37H2,1-2H3,(H,51,54)/t44-,45-/m0/s1. The molecule has 8 heteroatoms. The summed E-state index contributed by atoms with van der Waals surface area (Å²) in [5.74, 6) is -1.22. The Hall–Kier alpha value is -5.96. The van der Waals surface area contributed by atoms with Gasteiger partial charge >= 0.3 is 11.9 Å². The minimum atomic E-state index is -1.09. The zero-order valence-electron chi connectivity index (χ0n) is 33.0. The highest BCUT2D eigenvalue weighted by atomic mass is 32.2. The van der Waals surface area contributed by atoms with E-state index in [1.807, 2.05) is 109 Å². The Balaban J connectivity index is 1.53. The first-order valence-corrected chi connectivity index (χ1v) is 20.8. The number of esters is 2. The van der Waals surface area contributed by atoms with Gasteiger partial charge in [-0.3, -0.25) is 14.9 Å². The average Bonchev–Trinajstić information content (AvgIpc) is 3.28. The summed E-state index contributed by atoms with van der Waals surface area (Å²) in [6, 6.07) is 59.4. The second-order valence-corrected chi connectivity index (χ2v) is 15.0. The van der Waals surface area contributed by atoms with Gasteiger partial charge in [-0.25, -0.2) is 4.79 Å². The van der Waals surface area contributed by atoms with Crippen molar-refractivity contribution in [3.8, 4) is 0 Å². The van der Waals surface area contributed by atoms with Crippen LogP contribution in [0, 0.1) is 0 Å². The van der Waals surface area contributed by atoms with Gasteiger partial charge in [0.15, 0.2) is 0 Å². The fourth-order valence-corrected chi connectivity index (χ4v) is 9.05. The van der Waals surface area contributed by atoms with E-state index in [4.69, 9.17) is 9.47 Å². The first-order chi connectivity index (χ1) is 28.4. The van der Waals surface area contributed by atoms with Crippen LogP contribution in [0.15, 0.2) is 182 Å². The Morgan fingerprint density at radius 3 is 1.24 bits per heavy atom. The molecule has 6 aromatic carbocycles. The van der Waals surface area contributed by atoms with E-state index in [0.717, 1.165) is 33.4 Å². The van der Waals surface area contributed by atoms with Crippen LogP contribution in [0.3, 0.4) is 0 Å². The third-order valence-electron chi connectivity index (χ3n) is 10.2. The fourth-order valence-electron chi connectivity index (χ4n) is 7.50. The number of rotatable bonds is 19. The van der Waals surface area contributed by atoms with Crippen molar-refractivity contribution in [3.63, 3.8) is 0 Å². The summed E-state index contributed by atoms with van der Waals surface area (Å²) >= 11 is 1.65. The van der Waals surface area contributed by atoms with Crippen molar-refractivity contribution < 1.29 is 23.9 Å². The summed E-state index contributed by atoms with van der Waals surface area (Å²) < 4.78 is 9.88. The largest absolute Gasteiger partial charge is 0.466 e. The molecule has 7 nitrogen and oxygen atoms in total. The summed E-state index contributed by atoms with van der Waals surface area (Å²) in [6.07, 6.45) is -0.0436. The van der Waals surface area contributed by atoms with Crippen molar-refractivity contribution in [2.75, 3.05) is 19.0 Å². The molecule has 2 atom stereocenters. The molecule has 296 valence electrons. The quantitative estimate of drug-likeness (QED) is 0.0625. The topological polar surface area (TPSA) is 93.7 Å². The Morgan fingerprint density at radius 1 is 0.517 bits per heavy atom. The fraction of sp³-hybridized carbons (Fsp3) is 0.220. The van der Waals surface area contributed by atoms with E-state index >= 15 is 4.79 Å². The molecule has 0 aliphatic rings. The summed E-state index contributed by atoms with van der Waals surface area (Å²) in [7, 11) is 0. The zero-order valence-corrected chi connectivity index (χ0v) is 33.8. The van der Waals surface area contributed by atoms with Crippen LogP contribution in [0.4, 0.5) is 0 Å². The highest BCUT2D eigenvalue weighted by Gasteiger charge is 2.43. The van der Waals surface area contributed by atoms with Gasteiger partial charge in [0.05, 0.1) is 29.5 Å². The molecule has 0 spiro atoms. The van der Waals surface area contributed by atoms with Crippen LogP contribution in [-0.2, 0) is 34.1 Å². The van der Waals surface area contributed by atoms with Crippen LogP contribution in [0.1, 0.15) is 60.1 Å². The lowest BCUT2D eigenvalue weighted by Crippen LogP contribution is -2.58. The molecule has 6 rings (SSSR count). The molecule has 0 aromatic heterocycles. The van der Waals surface area contributed by atoms with Gasteiger partial charge in [0.2, 0.25) is 5.91 Å². The number of nitrogens with one attached hydrogen (secondary N) is 2. The number of hydrogen-bond donors (Lipinski definition) is 2. The minimum Gasteiger partial charge on any atom is -0.466 e. The lowest BCUT2D eigenvalue weighted by atomic mass is 9.76. The second-order valence-electron chi connectivity index (χ2n) is 13.8. The van der Waals surface area contributed by atoms with Crippen molar-refractivity contribution in [2.24, 2.45) is 0 Å². The van der Waals surface area contributed by atoms with Crippen LogP contribution >= 0.6 is 11.8 Å². The second kappa shape index (κ2) is 20.5. The Morgan fingerprint density at radius 2 is 0.879 bits per heavy atom. The van der Waals surface area contributed by atoms with E-state index in [-0.39, 0.29) is 31.8 Å². The van der Waals surface area contributed by atoms with E-state index < -0.39 is 40.2 Å². The van der Waals surface area contributed by atoms with Crippen LogP contribution < -0.4 is 10.6 Å². The number of hydrogen-bond acceptors (Lipinski definition) is 7. The van der Waals surface area contributed by atoms with Gasteiger partial charge in [-0.1, -0.05) is 182 Å². The molecule has 6 aromatic rings. The van der Waals surface area contributed by atoms with Gasteiger partial charge in [0.25, 0.3) is 0 Å². The molecule has 58 heavy (non-hydrogen) atoms. The molecule has 0 saturated carbocycles. The molecule has 0 saturated heterocycles. The Kier molecular flexibility index (Phi) is 14.7. The first-order valence-electron chi connectivity index (χ1n) is 19.8. The molecule has 0 bridgehead atoms. The predicted molar refractivity (Wildman–Crippen MR) is 232 cm³/mol. The molecule has 0 radical (unpaired) electrons. The van der Waals surface area contributed by atoms with Gasteiger partial charge < -0.3 is 14.8 Å². The maximum atomic E-state index is 15.2. The first kappa shape index (κ1) is 41.7. The molecule has 0 aliphatic heterocycles. The zero-order chi connectivity index (χ0) is 40.6. The Labute approximate surface area is 346 Å². The number of thioether (sulfide) groups is 1. The molecule has 2 N–H and O–H groups in total. The van der Waals surface area contributed by atoms with E-state index in [1.54, 1.807) is 25.6 Å². The van der Waals surface area contributed by atoms with Crippen LogP contribution in [0.5, 0.6) is 0 Å². The van der Waals surface area contributed by atoms with Crippen molar-refractivity contribution in [2.45, 2.75) is 49.1 Å². The number of ether oxygens (including phenoxy) is 2. The van der Waals surface area contributed by atoms with Gasteiger partial charge in [0.1, 0.15) is 6.04 Å². The number of amides is 1. The van der Waals surface area contributed by atoms with Gasteiger partial charge in [-0.2, -0.15) is 0 Å². The van der Waals surface area contributed by atoms with Crippen LogP contribution in [0.2, 0.25) is 0 Å². The third-order valence-corrected chi connectivity index (χ3v) is 11.8. The lowest BCUT2D eigenvalue weighted by molar-refractivity contribution is -0.149. The molecule has 1 amide bonds. The monoisotopic (exact) mass is 790 g/mol. The third kappa shape index (κ3) is 9.59. The molecular formula is C50H50N2O5S. The highest BCUT2D eigenvalue weighted by Crippen LogP contribution is 2.49. The maximum absolute atomic E-state index is 15.2. The van der Waals surface area contributed by atoms with Gasteiger partial charge in [-0.05, 0) is 53.6 Å². The van der Waals surface area contributed by atoms with Crippen molar-refractivity contribution in [1.29, 1.82) is 0 Å². The number of carbonyl (C=O) groups is 3. The maximum Gasteiger partial charge on any atom is 0.328 e. The number of carbonyl (C=O) groups excluding carboxylic acids is 3. The van der Waals surface area contributed by atoms with Gasteiger partial charge in [-0.15, -0.1) is 11.8 Å².